The molecule has 0 bridgehead atoms. The lowest BCUT2D eigenvalue weighted by Gasteiger charge is -2.13. The first kappa shape index (κ1) is 14.1. The number of carbonyl (C=O) groups excluding carboxylic acids is 1. The van der Waals surface area contributed by atoms with Gasteiger partial charge in [-0.3, -0.25) is 4.79 Å². The van der Waals surface area contributed by atoms with E-state index in [-0.39, 0.29) is 5.91 Å². The number of hydrogen-bond donors (Lipinski definition) is 2. The molecular weight excluding hydrogens is 236 g/mol. The van der Waals surface area contributed by atoms with Crippen molar-refractivity contribution in [1.29, 1.82) is 0 Å². The fourth-order valence-corrected chi connectivity index (χ4v) is 2.90. The molecule has 1 fully saturated rings. The van der Waals surface area contributed by atoms with Crippen LogP contribution < -0.4 is 10.6 Å². The van der Waals surface area contributed by atoms with Gasteiger partial charge in [-0.2, -0.15) is 0 Å². The second-order valence-electron chi connectivity index (χ2n) is 5.72. The highest BCUT2D eigenvalue weighted by molar-refractivity contribution is 5.76. The third-order valence-corrected chi connectivity index (χ3v) is 3.94. The molecule has 1 saturated heterocycles. The Hall–Kier alpha value is -1.35. The van der Waals surface area contributed by atoms with E-state index in [1.165, 1.54) is 22.3 Å². The first-order valence-electron chi connectivity index (χ1n) is 7.10. The number of amides is 1. The molecular formula is C16H24N2O. The molecule has 2 rings (SSSR count). The monoisotopic (exact) mass is 260 g/mol. The number of nitrogens with one attached hydrogen (secondary N) is 2. The van der Waals surface area contributed by atoms with Crippen LogP contribution in [-0.2, 0) is 11.3 Å². The quantitative estimate of drug-likeness (QED) is 0.871. The Morgan fingerprint density at radius 2 is 2.00 bits per heavy atom. The van der Waals surface area contributed by atoms with Crippen molar-refractivity contribution in [2.75, 3.05) is 13.1 Å². The number of benzene rings is 1. The second kappa shape index (κ2) is 6.20. The van der Waals surface area contributed by atoms with Crippen molar-refractivity contribution in [2.24, 2.45) is 5.92 Å². The van der Waals surface area contributed by atoms with E-state index in [9.17, 15) is 4.79 Å². The standard InChI is InChI=1S/C16H24N2O/c1-11-6-12(2)15(13(3)7-11)10-18-16(19)8-14-4-5-17-9-14/h6-7,14,17H,4-5,8-10H2,1-3H3,(H,18,19). The predicted octanol–water partition coefficient (Wildman–Crippen LogP) is 2.23. The third-order valence-electron chi connectivity index (χ3n) is 3.94. The molecule has 1 aliphatic rings. The van der Waals surface area contributed by atoms with Crippen molar-refractivity contribution in [3.8, 4) is 0 Å². The largest absolute Gasteiger partial charge is 0.352 e. The lowest BCUT2D eigenvalue weighted by Crippen LogP contribution is -2.26. The molecule has 1 amide bonds. The van der Waals surface area contributed by atoms with E-state index in [2.05, 4.69) is 43.5 Å². The lowest BCUT2D eigenvalue weighted by molar-refractivity contribution is -0.122. The summed E-state index contributed by atoms with van der Waals surface area (Å²) in [6.45, 7) is 9.02. The van der Waals surface area contributed by atoms with Gasteiger partial charge in [0.05, 0.1) is 0 Å². The Labute approximate surface area is 115 Å². The molecule has 0 aliphatic carbocycles. The average Bonchev–Trinajstić information content (AvgIpc) is 2.80. The molecule has 0 aromatic heterocycles. The highest BCUT2D eigenvalue weighted by atomic mass is 16.1. The van der Waals surface area contributed by atoms with Gasteiger partial charge in [-0.15, -0.1) is 0 Å². The maximum atomic E-state index is 11.9. The van der Waals surface area contributed by atoms with Crippen molar-refractivity contribution in [1.82, 2.24) is 10.6 Å². The average molecular weight is 260 g/mol. The van der Waals surface area contributed by atoms with Crippen molar-refractivity contribution >= 4 is 5.91 Å². The summed E-state index contributed by atoms with van der Waals surface area (Å²) in [5, 5.41) is 6.36. The van der Waals surface area contributed by atoms with Gasteiger partial charge >= 0.3 is 0 Å². The van der Waals surface area contributed by atoms with Crippen LogP contribution in [0, 0.1) is 26.7 Å². The van der Waals surface area contributed by atoms with Crippen molar-refractivity contribution in [3.63, 3.8) is 0 Å². The predicted molar refractivity (Wildman–Crippen MR) is 78.1 cm³/mol. The molecule has 0 spiro atoms. The molecule has 1 atom stereocenters. The van der Waals surface area contributed by atoms with Crippen LogP contribution in [-0.4, -0.2) is 19.0 Å². The summed E-state index contributed by atoms with van der Waals surface area (Å²) in [5.41, 5.74) is 5.06. The van der Waals surface area contributed by atoms with Crippen molar-refractivity contribution in [2.45, 2.75) is 40.2 Å². The zero-order chi connectivity index (χ0) is 13.8. The van der Waals surface area contributed by atoms with Crippen LogP contribution in [0.4, 0.5) is 0 Å². The molecule has 1 aliphatic heterocycles. The molecule has 0 saturated carbocycles. The van der Waals surface area contributed by atoms with E-state index < -0.39 is 0 Å². The molecule has 1 aromatic carbocycles. The smallest absolute Gasteiger partial charge is 0.220 e. The summed E-state index contributed by atoms with van der Waals surface area (Å²) >= 11 is 0. The van der Waals surface area contributed by atoms with Gasteiger partial charge in [0.15, 0.2) is 0 Å². The molecule has 1 unspecified atom stereocenters. The zero-order valence-corrected chi connectivity index (χ0v) is 12.2. The topological polar surface area (TPSA) is 41.1 Å². The highest BCUT2D eigenvalue weighted by Gasteiger charge is 2.18. The Morgan fingerprint density at radius 3 is 2.58 bits per heavy atom. The number of carbonyl (C=O) groups is 1. The molecule has 1 aromatic rings. The first-order valence-corrected chi connectivity index (χ1v) is 7.10. The lowest BCUT2D eigenvalue weighted by atomic mass is 9.99. The van der Waals surface area contributed by atoms with E-state index in [1.54, 1.807) is 0 Å². The first-order chi connectivity index (χ1) is 9.06. The fraction of sp³-hybridized carbons (Fsp3) is 0.562. The van der Waals surface area contributed by atoms with Crippen LogP contribution >= 0.6 is 0 Å². The number of rotatable bonds is 4. The van der Waals surface area contributed by atoms with Gasteiger partial charge in [-0.05, 0) is 62.9 Å². The Bertz CT molecular complexity index is 439. The molecule has 3 heteroatoms. The van der Waals surface area contributed by atoms with E-state index in [4.69, 9.17) is 0 Å². The minimum Gasteiger partial charge on any atom is -0.352 e. The Balaban J connectivity index is 1.89. The van der Waals surface area contributed by atoms with E-state index in [0.717, 1.165) is 19.5 Å². The Morgan fingerprint density at radius 1 is 1.32 bits per heavy atom. The SMILES string of the molecule is Cc1cc(C)c(CNC(=O)CC2CCNC2)c(C)c1. The number of hydrogen-bond acceptors (Lipinski definition) is 2. The summed E-state index contributed by atoms with van der Waals surface area (Å²) < 4.78 is 0. The zero-order valence-electron chi connectivity index (χ0n) is 12.2. The van der Waals surface area contributed by atoms with Gasteiger partial charge in [0, 0.05) is 13.0 Å². The van der Waals surface area contributed by atoms with Gasteiger partial charge in [-0.25, -0.2) is 0 Å². The third kappa shape index (κ3) is 3.80. The van der Waals surface area contributed by atoms with E-state index in [0.29, 0.717) is 18.9 Å². The Kier molecular flexibility index (Phi) is 4.59. The molecule has 1 heterocycles. The van der Waals surface area contributed by atoms with Gasteiger partial charge in [0.2, 0.25) is 5.91 Å². The summed E-state index contributed by atoms with van der Waals surface area (Å²) in [7, 11) is 0. The van der Waals surface area contributed by atoms with E-state index >= 15 is 0 Å². The van der Waals surface area contributed by atoms with Crippen molar-refractivity contribution in [3.05, 3.63) is 34.4 Å². The van der Waals surface area contributed by atoms with Crippen LogP contribution in [0.1, 0.15) is 35.1 Å². The maximum absolute atomic E-state index is 11.9. The second-order valence-corrected chi connectivity index (χ2v) is 5.72. The fourth-order valence-electron chi connectivity index (χ4n) is 2.90. The molecule has 2 N–H and O–H groups in total. The highest BCUT2D eigenvalue weighted by Crippen LogP contribution is 2.16. The van der Waals surface area contributed by atoms with Gasteiger partial charge in [0.1, 0.15) is 0 Å². The van der Waals surface area contributed by atoms with Gasteiger partial charge in [0.25, 0.3) is 0 Å². The molecule has 104 valence electrons. The summed E-state index contributed by atoms with van der Waals surface area (Å²) in [4.78, 5) is 11.9. The van der Waals surface area contributed by atoms with Gasteiger partial charge in [-0.1, -0.05) is 17.7 Å². The normalized spacial score (nSPS) is 18.6. The van der Waals surface area contributed by atoms with Crippen LogP contribution in [0.3, 0.4) is 0 Å². The van der Waals surface area contributed by atoms with Crippen LogP contribution in [0.2, 0.25) is 0 Å². The van der Waals surface area contributed by atoms with E-state index in [1.807, 2.05) is 0 Å². The van der Waals surface area contributed by atoms with Crippen molar-refractivity contribution < 1.29 is 4.79 Å². The molecule has 3 nitrogen and oxygen atoms in total. The maximum Gasteiger partial charge on any atom is 0.220 e. The minimum atomic E-state index is 0.174. The van der Waals surface area contributed by atoms with Crippen LogP contribution in [0.25, 0.3) is 0 Å². The van der Waals surface area contributed by atoms with Gasteiger partial charge < -0.3 is 10.6 Å². The molecule has 0 radical (unpaired) electrons. The van der Waals surface area contributed by atoms with Crippen LogP contribution in [0.15, 0.2) is 12.1 Å². The van der Waals surface area contributed by atoms with Crippen LogP contribution in [0.5, 0.6) is 0 Å². The summed E-state index contributed by atoms with van der Waals surface area (Å²) in [5.74, 6) is 0.688. The molecule has 19 heavy (non-hydrogen) atoms. The minimum absolute atomic E-state index is 0.174. The summed E-state index contributed by atoms with van der Waals surface area (Å²) in [6, 6.07) is 4.35. The summed E-state index contributed by atoms with van der Waals surface area (Å²) in [6.07, 6.45) is 1.77. The number of aryl methyl sites for hydroxylation is 3.